The van der Waals surface area contributed by atoms with Crippen molar-refractivity contribution in [2.75, 3.05) is 46.6 Å². The van der Waals surface area contributed by atoms with E-state index in [2.05, 4.69) is 15.6 Å². The number of guanidine groups is 1. The van der Waals surface area contributed by atoms with E-state index in [0.717, 1.165) is 32.0 Å². The maximum absolute atomic E-state index is 6.07. The molecule has 0 bridgehead atoms. The quantitative estimate of drug-likeness (QED) is 0.227. The highest BCUT2D eigenvalue weighted by Crippen LogP contribution is 2.31. The molecule has 148 valence electrons. The highest BCUT2D eigenvalue weighted by molar-refractivity contribution is 14.0. The predicted octanol–water partition coefficient (Wildman–Crippen LogP) is 3.35. The normalized spacial score (nSPS) is 16.9. The molecule has 1 atom stereocenters. The van der Waals surface area contributed by atoms with Crippen LogP contribution in [0.4, 0.5) is 0 Å². The standard InChI is InChI=1S/C17H25Cl2N3O3.HI/c1-20-17(21-7-3-9-24-13-6-10-23-12-13)22-8-11-25-15-5-2-4-14(18)16(15)19;/h2,4-5,13H,3,6-12H2,1H3,(H2,20,21,22);1H. The molecule has 1 aliphatic rings. The Morgan fingerprint density at radius 3 is 2.81 bits per heavy atom. The van der Waals surface area contributed by atoms with Gasteiger partial charge < -0.3 is 24.8 Å². The van der Waals surface area contributed by atoms with Gasteiger partial charge in [-0.05, 0) is 25.0 Å². The van der Waals surface area contributed by atoms with Crippen LogP contribution < -0.4 is 15.4 Å². The molecule has 1 heterocycles. The molecule has 1 saturated heterocycles. The van der Waals surface area contributed by atoms with Crippen molar-refractivity contribution in [3.05, 3.63) is 28.2 Å². The van der Waals surface area contributed by atoms with E-state index >= 15 is 0 Å². The van der Waals surface area contributed by atoms with Crippen LogP contribution in [0.2, 0.25) is 10.0 Å². The van der Waals surface area contributed by atoms with Crippen LogP contribution in [0.25, 0.3) is 0 Å². The number of halogens is 3. The molecule has 26 heavy (non-hydrogen) atoms. The number of aliphatic imine (C=N–C) groups is 1. The summed E-state index contributed by atoms with van der Waals surface area (Å²) in [5, 5.41) is 7.33. The van der Waals surface area contributed by atoms with Crippen LogP contribution >= 0.6 is 47.2 Å². The molecule has 0 radical (unpaired) electrons. The van der Waals surface area contributed by atoms with Gasteiger partial charge in [-0.2, -0.15) is 0 Å². The van der Waals surface area contributed by atoms with E-state index in [9.17, 15) is 0 Å². The molecule has 1 aromatic rings. The van der Waals surface area contributed by atoms with Gasteiger partial charge in [-0.25, -0.2) is 0 Å². The van der Waals surface area contributed by atoms with E-state index in [0.29, 0.717) is 42.2 Å². The fourth-order valence-electron chi connectivity index (χ4n) is 2.32. The number of nitrogens with one attached hydrogen (secondary N) is 2. The number of benzene rings is 1. The third kappa shape index (κ3) is 8.47. The van der Waals surface area contributed by atoms with Gasteiger partial charge in [0.25, 0.3) is 0 Å². The Bertz CT molecular complexity index is 558. The van der Waals surface area contributed by atoms with Crippen LogP contribution in [0.1, 0.15) is 12.8 Å². The molecule has 1 fully saturated rings. The van der Waals surface area contributed by atoms with Gasteiger partial charge in [0.05, 0.1) is 24.3 Å². The highest BCUT2D eigenvalue weighted by Gasteiger charge is 2.15. The van der Waals surface area contributed by atoms with Gasteiger partial charge in [0.2, 0.25) is 0 Å². The van der Waals surface area contributed by atoms with E-state index in [1.807, 2.05) is 0 Å². The Kier molecular flexibility index (Phi) is 12.4. The number of ether oxygens (including phenoxy) is 3. The summed E-state index contributed by atoms with van der Waals surface area (Å²) in [6, 6.07) is 5.32. The Morgan fingerprint density at radius 1 is 1.27 bits per heavy atom. The van der Waals surface area contributed by atoms with Crippen LogP contribution in [-0.2, 0) is 9.47 Å². The Morgan fingerprint density at radius 2 is 2.08 bits per heavy atom. The third-order valence-corrected chi connectivity index (χ3v) is 4.45. The molecule has 0 saturated carbocycles. The smallest absolute Gasteiger partial charge is 0.191 e. The largest absolute Gasteiger partial charge is 0.490 e. The molecule has 0 amide bonds. The molecule has 1 aliphatic heterocycles. The number of rotatable bonds is 9. The lowest BCUT2D eigenvalue weighted by atomic mass is 10.3. The lowest BCUT2D eigenvalue weighted by molar-refractivity contribution is 0.0420. The molecule has 0 aromatic heterocycles. The lowest BCUT2D eigenvalue weighted by Crippen LogP contribution is -2.40. The number of hydrogen-bond donors (Lipinski definition) is 2. The van der Waals surface area contributed by atoms with Crippen molar-refractivity contribution in [2.24, 2.45) is 4.99 Å². The van der Waals surface area contributed by atoms with E-state index in [1.54, 1.807) is 25.2 Å². The highest BCUT2D eigenvalue weighted by atomic mass is 127. The van der Waals surface area contributed by atoms with Gasteiger partial charge in [-0.3, -0.25) is 4.99 Å². The van der Waals surface area contributed by atoms with E-state index < -0.39 is 0 Å². The third-order valence-electron chi connectivity index (χ3n) is 3.65. The summed E-state index contributed by atoms with van der Waals surface area (Å²) in [4.78, 5) is 4.17. The zero-order valence-corrected chi connectivity index (χ0v) is 18.6. The van der Waals surface area contributed by atoms with Crippen molar-refractivity contribution < 1.29 is 14.2 Å². The fraction of sp³-hybridized carbons (Fsp3) is 0.588. The average Bonchev–Trinajstić information content (AvgIpc) is 3.13. The van der Waals surface area contributed by atoms with Gasteiger partial charge in [0, 0.05) is 26.8 Å². The molecule has 2 rings (SSSR count). The first-order valence-electron chi connectivity index (χ1n) is 8.41. The summed E-state index contributed by atoms with van der Waals surface area (Å²) in [7, 11) is 1.73. The van der Waals surface area contributed by atoms with Gasteiger partial charge in [-0.1, -0.05) is 29.3 Å². The van der Waals surface area contributed by atoms with Crippen molar-refractivity contribution in [1.29, 1.82) is 0 Å². The fourth-order valence-corrected chi connectivity index (χ4v) is 2.67. The number of hydrogen-bond acceptors (Lipinski definition) is 4. The summed E-state index contributed by atoms with van der Waals surface area (Å²) in [5.74, 6) is 1.30. The maximum atomic E-state index is 6.07. The molecule has 9 heteroatoms. The summed E-state index contributed by atoms with van der Waals surface area (Å²) >= 11 is 12.0. The van der Waals surface area contributed by atoms with Gasteiger partial charge in [0.15, 0.2) is 5.96 Å². The first kappa shape index (κ1) is 23.6. The van der Waals surface area contributed by atoms with Crippen molar-refractivity contribution in [1.82, 2.24) is 10.6 Å². The van der Waals surface area contributed by atoms with Crippen LogP contribution in [0.5, 0.6) is 5.75 Å². The van der Waals surface area contributed by atoms with Crippen LogP contribution in [0.15, 0.2) is 23.2 Å². The first-order chi connectivity index (χ1) is 12.2. The Hall–Kier alpha value is -0.480. The Labute approximate surface area is 182 Å². The van der Waals surface area contributed by atoms with E-state index in [-0.39, 0.29) is 30.1 Å². The van der Waals surface area contributed by atoms with Crippen molar-refractivity contribution in [3.63, 3.8) is 0 Å². The zero-order valence-electron chi connectivity index (χ0n) is 14.8. The summed E-state index contributed by atoms with van der Waals surface area (Å²) in [6.07, 6.45) is 2.16. The minimum absolute atomic E-state index is 0. The maximum Gasteiger partial charge on any atom is 0.191 e. The summed E-state index contributed by atoms with van der Waals surface area (Å²) in [5.41, 5.74) is 0. The van der Waals surface area contributed by atoms with E-state index in [1.165, 1.54) is 0 Å². The second kappa shape index (κ2) is 13.7. The summed E-state index contributed by atoms with van der Waals surface area (Å²) < 4.78 is 16.6. The predicted molar refractivity (Wildman–Crippen MR) is 117 cm³/mol. The number of nitrogens with zero attached hydrogens (tertiary/aromatic N) is 1. The van der Waals surface area contributed by atoms with Crippen LogP contribution in [0.3, 0.4) is 0 Å². The lowest BCUT2D eigenvalue weighted by Gasteiger charge is -2.14. The minimum atomic E-state index is 0. The molecular formula is C17H26Cl2IN3O3. The zero-order chi connectivity index (χ0) is 17.9. The topological polar surface area (TPSA) is 64.1 Å². The van der Waals surface area contributed by atoms with Gasteiger partial charge >= 0.3 is 0 Å². The average molecular weight is 518 g/mol. The summed E-state index contributed by atoms with van der Waals surface area (Å²) in [6.45, 7) is 4.07. The van der Waals surface area contributed by atoms with Crippen molar-refractivity contribution in [3.8, 4) is 5.75 Å². The molecule has 2 N–H and O–H groups in total. The van der Waals surface area contributed by atoms with Crippen molar-refractivity contribution >= 4 is 53.1 Å². The first-order valence-corrected chi connectivity index (χ1v) is 9.17. The second-order valence-electron chi connectivity index (χ2n) is 5.54. The molecule has 0 aliphatic carbocycles. The van der Waals surface area contributed by atoms with Gasteiger partial charge in [0.1, 0.15) is 17.4 Å². The monoisotopic (exact) mass is 517 g/mol. The minimum Gasteiger partial charge on any atom is -0.490 e. The second-order valence-corrected chi connectivity index (χ2v) is 6.32. The molecule has 1 aromatic carbocycles. The van der Waals surface area contributed by atoms with Crippen molar-refractivity contribution in [2.45, 2.75) is 18.9 Å². The van der Waals surface area contributed by atoms with E-state index in [4.69, 9.17) is 37.4 Å². The molecule has 1 unspecified atom stereocenters. The Balaban J connectivity index is 0.00000338. The SMILES string of the molecule is CN=C(NCCCOC1CCOC1)NCCOc1cccc(Cl)c1Cl.I. The molecular weight excluding hydrogens is 492 g/mol. The van der Waals surface area contributed by atoms with Crippen LogP contribution in [0, 0.1) is 0 Å². The van der Waals surface area contributed by atoms with Gasteiger partial charge in [-0.15, -0.1) is 24.0 Å². The van der Waals surface area contributed by atoms with Crippen LogP contribution in [-0.4, -0.2) is 58.6 Å². The molecule has 0 spiro atoms. The molecule has 6 nitrogen and oxygen atoms in total.